The molecule has 1 saturated heterocycles. The Kier molecular flexibility index (Phi) is 4.31. The maximum Gasteiger partial charge on any atom is 0.338 e. The number of amides is 1. The van der Waals surface area contributed by atoms with Crippen LogP contribution in [0.15, 0.2) is 55.1 Å². The van der Waals surface area contributed by atoms with Crippen LogP contribution in [-0.4, -0.2) is 36.5 Å². The monoisotopic (exact) mass is 349 g/mol. The average molecular weight is 349 g/mol. The van der Waals surface area contributed by atoms with Gasteiger partial charge < -0.3 is 14.4 Å². The predicted octanol–water partition coefficient (Wildman–Crippen LogP) is 3.11. The van der Waals surface area contributed by atoms with E-state index in [-0.39, 0.29) is 18.0 Å². The Labute approximate surface area is 151 Å². The Morgan fingerprint density at radius 1 is 1.15 bits per heavy atom. The first-order chi connectivity index (χ1) is 12.7. The molecule has 0 radical (unpaired) electrons. The van der Waals surface area contributed by atoms with Gasteiger partial charge in [0.1, 0.15) is 12.7 Å². The topological polar surface area (TPSA) is 55.8 Å². The molecule has 0 N–H and O–H groups in total. The Morgan fingerprint density at radius 3 is 2.69 bits per heavy atom. The Hall–Kier alpha value is -2.92. The number of carbonyl (C=O) groups is 2. The van der Waals surface area contributed by atoms with E-state index in [1.54, 1.807) is 4.90 Å². The van der Waals surface area contributed by atoms with Crippen LogP contribution >= 0.6 is 0 Å². The van der Waals surface area contributed by atoms with Gasteiger partial charge in [0.2, 0.25) is 5.91 Å². The number of hydrogen-bond acceptors (Lipinski definition) is 4. The molecule has 2 aromatic carbocycles. The second-order valence-electron chi connectivity index (χ2n) is 6.42. The van der Waals surface area contributed by atoms with Crippen molar-refractivity contribution < 1.29 is 19.1 Å². The van der Waals surface area contributed by atoms with Gasteiger partial charge in [-0.1, -0.05) is 36.9 Å². The van der Waals surface area contributed by atoms with Crippen molar-refractivity contribution in [1.82, 2.24) is 4.90 Å². The van der Waals surface area contributed by atoms with Crippen molar-refractivity contribution in [3.8, 4) is 11.1 Å². The van der Waals surface area contributed by atoms with Gasteiger partial charge in [0.15, 0.2) is 0 Å². The van der Waals surface area contributed by atoms with Crippen LogP contribution in [0.4, 0.5) is 0 Å². The van der Waals surface area contributed by atoms with E-state index in [1.807, 2.05) is 42.5 Å². The highest BCUT2D eigenvalue weighted by atomic mass is 16.5. The van der Waals surface area contributed by atoms with Gasteiger partial charge in [-0.2, -0.15) is 0 Å². The maximum absolute atomic E-state index is 11.8. The van der Waals surface area contributed by atoms with Crippen molar-refractivity contribution in [2.45, 2.75) is 12.7 Å². The van der Waals surface area contributed by atoms with Crippen LogP contribution in [0, 0.1) is 0 Å². The summed E-state index contributed by atoms with van der Waals surface area (Å²) in [5.74, 6) is -0.320. The molecule has 0 bridgehead atoms. The standard InChI is InChI=1S/C21H19NO4/c1-2-20(23)22-9-10-25-19(12-22)15-5-3-14(4-6-15)16-7-8-18-17(11-16)13-26-21(18)24/h2-8,11,19H,1,9-10,12-13H2/t19-/m0/s1. The van der Waals surface area contributed by atoms with E-state index < -0.39 is 0 Å². The summed E-state index contributed by atoms with van der Waals surface area (Å²) in [6, 6.07) is 13.9. The third-order valence-electron chi connectivity index (χ3n) is 4.85. The van der Waals surface area contributed by atoms with Crippen molar-refractivity contribution in [1.29, 1.82) is 0 Å². The lowest BCUT2D eigenvalue weighted by molar-refractivity contribution is -0.133. The molecule has 2 heterocycles. The molecule has 4 rings (SSSR count). The zero-order valence-electron chi connectivity index (χ0n) is 14.3. The number of morpholine rings is 1. The fourth-order valence-corrected chi connectivity index (χ4v) is 3.38. The maximum atomic E-state index is 11.8. The molecule has 2 aromatic rings. The first-order valence-corrected chi connectivity index (χ1v) is 8.59. The molecule has 2 aliphatic rings. The van der Waals surface area contributed by atoms with Gasteiger partial charge in [0.05, 0.1) is 18.7 Å². The fraction of sp³-hybridized carbons (Fsp3) is 0.238. The number of fused-ring (bicyclic) bond motifs is 1. The van der Waals surface area contributed by atoms with E-state index >= 15 is 0 Å². The number of benzene rings is 2. The van der Waals surface area contributed by atoms with E-state index in [1.165, 1.54) is 6.08 Å². The van der Waals surface area contributed by atoms with Crippen molar-refractivity contribution in [3.05, 3.63) is 71.8 Å². The molecule has 132 valence electrons. The van der Waals surface area contributed by atoms with Crippen molar-refractivity contribution >= 4 is 11.9 Å². The lowest BCUT2D eigenvalue weighted by Crippen LogP contribution is -2.41. The lowest BCUT2D eigenvalue weighted by Gasteiger charge is -2.32. The van der Waals surface area contributed by atoms with Crippen LogP contribution in [0.3, 0.4) is 0 Å². The minimum atomic E-state index is -0.255. The Bertz CT molecular complexity index is 872. The molecule has 0 unspecified atom stereocenters. The summed E-state index contributed by atoms with van der Waals surface area (Å²) >= 11 is 0. The zero-order valence-corrected chi connectivity index (χ0v) is 14.3. The summed E-state index contributed by atoms with van der Waals surface area (Å²) in [7, 11) is 0. The van der Waals surface area contributed by atoms with Crippen LogP contribution in [-0.2, 0) is 20.9 Å². The van der Waals surface area contributed by atoms with Crippen LogP contribution in [0.2, 0.25) is 0 Å². The summed E-state index contributed by atoms with van der Waals surface area (Å²) < 4.78 is 10.9. The highest BCUT2D eigenvalue weighted by Crippen LogP contribution is 2.29. The summed E-state index contributed by atoms with van der Waals surface area (Å²) in [6.07, 6.45) is 1.21. The van der Waals surface area contributed by atoms with E-state index in [0.29, 0.717) is 31.9 Å². The largest absolute Gasteiger partial charge is 0.457 e. The highest BCUT2D eigenvalue weighted by molar-refractivity contribution is 5.94. The molecule has 5 heteroatoms. The average Bonchev–Trinajstić information content (AvgIpc) is 3.08. The van der Waals surface area contributed by atoms with E-state index in [0.717, 1.165) is 22.3 Å². The van der Waals surface area contributed by atoms with Gasteiger partial charge in [-0.05, 0) is 34.9 Å². The zero-order chi connectivity index (χ0) is 18.1. The SMILES string of the molecule is C=CC(=O)N1CCO[C@H](c2ccc(-c3ccc4c(c3)COC4=O)cc2)C1. The molecule has 5 nitrogen and oxygen atoms in total. The van der Waals surface area contributed by atoms with E-state index in [9.17, 15) is 9.59 Å². The van der Waals surface area contributed by atoms with Crippen LogP contribution in [0.25, 0.3) is 11.1 Å². The predicted molar refractivity (Wildman–Crippen MR) is 96.5 cm³/mol. The number of esters is 1. The van der Waals surface area contributed by atoms with Crippen LogP contribution < -0.4 is 0 Å². The summed E-state index contributed by atoms with van der Waals surface area (Å²) in [5.41, 5.74) is 4.71. The quantitative estimate of drug-likeness (QED) is 0.631. The summed E-state index contributed by atoms with van der Waals surface area (Å²) in [5, 5.41) is 0. The lowest BCUT2D eigenvalue weighted by atomic mass is 9.98. The van der Waals surface area contributed by atoms with Crippen LogP contribution in [0.5, 0.6) is 0 Å². The second kappa shape index (κ2) is 6.77. The Morgan fingerprint density at radius 2 is 1.92 bits per heavy atom. The van der Waals surface area contributed by atoms with Crippen molar-refractivity contribution in [2.75, 3.05) is 19.7 Å². The first-order valence-electron chi connectivity index (χ1n) is 8.59. The molecule has 1 fully saturated rings. The number of ether oxygens (including phenoxy) is 2. The molecule has 1 amide bonds. The van der Waals surface area contributed by atoms with Gasteiger partial charge in [0.25, 0.3) is 0 Å². The van der Waals surface area contributed by atoms with Crippen molar-refractivity contribution in [2.24, 2.45) is 0 Å². The highest BCUT2D eigenvalue weighted by Gasteiger charge is 2.24. The third-order valence-corrected chi connectivity index (χ3v) is 4.85. The third kappa shape index (κ3) is 3.02. The van der Waals surface area contributed by atoms with Gasteiger partial charge in [-0.15, -0.1) is 0 Å². The summed E-state index contributed by atoms with van der Waals surface area (Å²) in [4.78, 5) is 25.1. The molecule has 26 heavy (non-hydrogen) atoms. The van der Waals surface area contributed by atoms with Gasteiger partial charge >= 0.3 is 5.97 Å². The first kappa shape index (κ1) is 16.5. The normalized spacial score (nSPS) is 19.0. The number of carbonyl (C=O) groups excluding carboxylic acids is 2. The molecule has 2 aliphatic heterocycles. The Balaban J connectivity index is 1.53. The van der Waals surface area contributed by atoms with Crippen molar-refractivity contribution in [3.63, 3.8) is 0 Å². The van der Waals surface area contributed by atoms with Gasteiger partial charge in [-0.3, -0.25) is 4.79 Å². The van der Waals surface area contributed by atoms with E-state index in [2.05, 4.69) is 6.58 Å². The van der Waals surface area contributed by atoms with E-state index in [4.69, 9.17) is 9.47 Å². The molecule has 0 aliphatic carbocycles. The smallest absolute Gasteiger partial charge is 0.338 e. The number of hydrogen-bond donors (Lipinski definition) is 0. The molecular formula is C21H19NO4. The van der Waals surface area contributed by atoms with Gasteiger partial charge in [-0.25, -0.2) is 4.79 Å². The molecule has 0 spiro atoms. The molecular weight excluding hydrogens is 330 g/mol. The number of nitrogens with zero attached hydrogens (tertiary/aromatic N) is 1. The van der Waals surface area contributed by atoms with Crippen LogP contribution in [0.1, 0.15) is 27.6 Å². The molecule has 1 atom stereocenters. The number of rotatable bonds is 3. The minimum absolute atomic E-state index is 0.0650. The second-order valence-corrected chi connectivity index (χ2v) is 6.42. The molecule has 0 saturated carbocycles. The minimum Gasteiger partial charge on any atom is -0.457 e. The fourth-order valence-electron chi connectivity index (χ4n) is 3.38. The molecule has 0 aromatic heterocycles. The number of cyclic esters (lactones) is 1. The van der Waals surface area contributed by atoms with Gasteiger partial charge in [0, 0.05) is 12.1 Å². The summed E-state index contributed by atoms with van der Waals surface area (Å²) in [6.45, 7) is 5.52.